The third-order valence-corrected chi connectivity index (χ3v) is 3.88. The van der Waals surface area contributed by atoms with Crippen LogP contribution in [0.3, 0.4) is 0 Å². The van der Waals surface area contributed by atoms with Crippen LogP contribution < -0.4 is 11.3 Å². The number of carbonyl (C=O) groups is 1. The summed E-state index contributed by atoms with van der Waals surface area (Å²) in [5.74, 6) is 0.452. The van der Waals surface area contributed by atoms with Gasteiger partial charge in [0.05, 0.1) is 6.61 Å². The number of unbranched alkanes of at least 4 members (excludes halogenated alkanes) is 1. The summed E-state index contributed by atoms with van der Waals surface area (Å²) in [6.45, 7) is 5.59. The SMILES string of the molecule is CCOC(=O)C(C)(N)CCCCSc1nc(C)cc(=O)[nH]1. The lowest BCUT2D eigenvalue weighted by atomic mass is 9.96. The van der Waals surface area contributed by atoms with Gasteiger partial charge in [-0.1, -0.05) is 18.2 Å². The van der Waals surface area contributed by atoms with Crippen molar-refractivity contribution < 1.29 is 9.53 Å². The van der Waals surface area contributed by atoms with Gasteiger partial charge in [-0.05, 0) is 33.6 Å². The van der Waals surface area contributed by atoms with E-state index in [2.05, 4.69) is 9.97 Å². The van der Waals surface area contributed by atoms with Crippen LogP contribution in [0.1, 0.15) is 38.8 Å². The Morgan fingerprint density at radius 2 is 2.24 bits per heavy atom. The minimum Gasteiger partial charge on any atom is -0.465 e. The van der Waals surface area contributed by atoms with Gasteiger partial charge in [-0.25, -0.2) is 4.98 Å². The first-order valence-corrected chi connectivity index (χ1v) is 8.00. The molecule has 1 atom stereocenters. The summed E-state index contributed by atoms with van der Waals surface area (Å²) in [6.07, 6.45) is 2.27. The number of nitrogens with one attached hydrogen (secondary N) is 1. The van der Waals surface area contributed by atoms with Crippen molar-refractivity contribution in [3.8, 4) is 0 Å². The molecule has 0 fully saturated rings. The van der Waals surface area contributed by atoms with Crippen LogP contribution in [0.4, 0.5) is 0 Å². The molecule has 1 rings (SSSR count). The molecule has 0 amide bonds. The highest BCUT2D eigenvalue weighted by Gasteiger charge is 2.28. The van der Waals surface area contributed by atoms with Crippen molar-refractivity contribution in [2.45, 2.75) is 50.7 Å². The Kier molecular flexibility index (Phi) is 6.91. The van der Waals surface area contributed by atoms with Gasteiger partial charge < -0.3 is 15.5 Å². The summed E-state index contributed by atoms with van der Waals surface area (Å²) in [4.78, 5) is 29.8. The van der Waals surface area contributed by atoms with E-state index in [1.807, 2.05) is 0 Å². The van der Waals surface area contributed by atoms with Crippen LogP contribution in [-0.4, -0.2) is 33.8 Å². The maximum Gasteiger partial charge on any atom is 0.325 e. The molecule has 118 valence electrons. The molecule has 0 aromatic carbocycles. The largest absolute Gasteiger partial charge is 0.465 e. The third-order valence-electron chi connectivity index (χ3n) is 2.92. The van der Waals surface area contributed by atoms with Crippen LogP contribution in [0.25, 0.3) is 0 Å². The van der Waals surface area contributed by atoms with Crippen molar-refractivity contribution >= 4 is 17.7 Å². The highest BCUT2D eigenvalue weighted by molar-refractivity contribution is 7.99. The Balaban J connectivity index is 2.31. The van der Waals surface area contributed by atoms with E-state index in [9.17, 15) is 9.59 Å². The number of hydrogen-bond donors (Lipinski definition) is 2. The van der Waals surface area contributed by atoms with Gasteiger partial charge in [-0.2, -0.15) is 0 Å². The van der Waals surface area contributed by atoms with Crippen molar-refractivity contribution in [2.24, 2.45) is 5.73 Å². The average molecular weight is 313 g/mol. The second-order valence-corrected chi connectivity index (χ2v) is 6.22. The third kappa shape index (κ3) is 6.31. The highest BCUT2D eigenvalue weighted by atomic mass is 32.2. The lowest BCUT2D eigenvalue weighted by Crippen LogP contribution is -2.46. The van der Waals surface area contributed by atoms with Gasteiger partial charge in [0.15, 0.2) is 5.16 Å². The number of thioether (sulfide) groups is 1. The van der Waals surface area contributed by atoms with E-state index in [1.54, 1.807) is 20.8 Å². The van der Waals surface area contributed by atoms with E-state index < -0.39 is 5.54 Å². The number of hydrogen-bond acceptors (Lipinski definition) is 6. The molecule has 0 aliphatic rings. The summed E-state index contributed by atoms with van der Waals surface area (Å²) in [5.41, 5.74) is 5.57. The summed E-state index contributed by atoms with van der Waals surface area (Å²) in [5, 5.41) is 0.626. The lowest BCUT2D eigenvalue weighted by molar-refractivity contribution is -0.149. The summed E-state index contributed by atoms with van der Waals surface area (Å²) in [7, 11) is 0. The van der Waals surface area contributed by atoms with E-state index >= 15 is 0 Å². The van der Waals surface area contributed by atoms with Gasteiger partial charge in [0, 0.05) is 17.5 Å². The van der Waals surface area contributed by atoms with Crippen molar-refractivity contribution in [3.05, 3.63) is 22.1 Å². The predicted molar refractivity (Wildman–Crippen MR) is 83.4 cm³/mol. The van der Waals surface area contributed by atoms with Crippen molar-refractivity contribution in [3.63, 3.8) is 0 Å². The van der Waals surface area contributed by atoms with Crippen molar-refractivity contribution in [1.82, 2.24) is 9.97 Å². The molecule has 1 aromatic rings. The van der Waals surface area contributed by atoms with E-state index in [0.717, 1.165) is 18.6 Å². The Morgan fingerprint density at radius 3 is 2.86 bits per heavy atom. The van der Waals surface area contributed by atoms with Crippen molar-refractivity contribution in [2.75, 3.05) is 12.4 Å². The number of aromatic nitrogens is 2. The summed E-state index contributed by atoms with van der Waals surface area (Å²) < 4.78 is 4.94. The second kappa shape index (κ2) is 8.19. The fourth-order valence-corrected chi connectivity index (χ4v) is 2.70. The molecule has 1 unspecified atom stereocenters. The Bertz CT molecular complexity index is 528. The predicted octanol–water partition coefficient (Wildman–Crippen LogP) is 1.62. The maximum atomic E-state index is 11.6. The molecular formula is C14H23N3O3S. The molecule has 0 bridgehead atoms. The van der Waals surface area contributed by atoms with Crippen LogP contribution >= 0.6 is 11.8 Å². The standard InChI is InChI=1S/C14H23N3O3S/c1-4-20-12(19)14(3,15)7-5-6-8-21-13-16-10(2)9-11(18)17-13/h9H,4-8,15H2,1-3H3,(H,16,17,18). The molecule has 1 aromatic heterocycles. The maximum absolute atomic E-state index is 11.6. The topological polar surface area (TPSA) is 98.1 Å². The molecular weight excluding hydrogens is 290 g/mol. The molecule has 21 heavy (non-hydrogen) atoms. The second-order valence-electron chi connectivity index (χ2n) is 5.14. The quantitative estimate of drug-likeness (QED) is 0.327. The highest BCUT2D eigenvalue weighted by Crippen LogP contribution is 2.17. The number of nitrogens with zero attached hydrogens (tertiary/aromatic N) is 1. The Morgan fingerprint density at radius 1 is 1.52 bits per heavy atom. The first kappa shape index (κ1) is 17.7. The van der Waals surface area contributed by atoms with E-state index in [1.165, 1.54) is 17.8 Å². The fourth-order valence-electron chi connectivity index (χ4n) is 1.78. The number of ether oxygens (including phenoxy) is 1. The van der Waals surface area contributed by atoms with E-state index in [4.69, 9.17) is 10.5 Å². The zero-order valence-electron chi connectivity index (χ0n) is 12.8. The molecule has 0 spiro atoms. The van der Waals surface area contributed by atoms with E-state index in [0.29, 0.717) is 23.9 Å². The van der Waals surface area contributed by atoms with Gasteiger partial charge in [0.2, 0.25) is 0 Å². The van der Waals surface area contributed by atoms with Gasteiger partial charge in [0.1, 0.15) is 5.54 Å². The first-order valence-electron chi connectivity index (χ1n) is 7.02. The number of rotatable bonds is 8. The zero-order valence-corrected chi connectivity index (χ0v) is 13.6. The molecule has 1 heterocycles. The minimum absolute atomic E-state index is 0.137. The Labute approximate surface area is 128 Å². The van der Waals surface area contributed by atoms with E-state index in [-0.39, 0.29) is 11.5 Å². The molecule has 0 aliphatic heterocycles. The molecule has 0 radical (unpaired) electrons. The summed E-state index contributed by atoms with van der Waals surface area (Å²) >= 11 is 1.49. The summed E-state index contributed by atoms with van der Waals surface area (Å²) in [6, 6.07) is 1.46. The number of H-pyrrole nitrogens is 1. The average Bonchev–Trinajstić information content (AvgIpc) is 2.37. The minimum atomic E-state index is -0.934. The normalized spacial score (nSPS) is 13.7. The number of esters is 1. The van der Waals surface area contributed by atoms with Crippen LogP contribution in [0.5, 0.6) is 0 Å². The fraction of sp³-hybridized carbons (Fsp3) is 0.643. The van der Waals surface area contributed by atoms with Crippen LogP contribution in [0.2, 0.25) is 0 Å². The molecule has 3 N–H and O–H groups in total. The smallest absolute Gasteiger partial charge is 0.325 e. The lowest BCUT2D eigenvalue weighted by Gasteiger charge is -2.21. The van der Waals surface area contributed by atoms with Crippen molar-refractivity contribution in [1.29, 1.82) is 0 Å². The van der Waals surface area contributed by atoms with Gasteiger partial charge >= 0.3 is 5.97 Å². The van der Waals surface area contributed by atoms with Crippen LogP contribution in [0.15, 0.2) is 16.0 Å². The number of nitrogens with two attached hydrogens (primary N) is 1. The number of carbonyl (C=O) groups excluding carboxylic acids is 1. The van der Waals surface area contributed by atoms with Gasteiger partial charge in [0.25, 0.3) is 5.56 Å². The van der Waals surface area contributed by atoms with Gasteiger partial charge in [-0.3, -0.25) is 9.59 Å². The molecule has 0 saturated carbocycles. The monoisotopic (exact) mass is 313 g/mol. The number of aryl methyl sites for hydroxylation is 1. The number of aromatic amines is 1. The van der Waals surface area contributed by atoms with Crippen LogP contribution in [-0.2, 0) is 9.53 Å². The molecule has 7 heteroatoms. The van der Waals surface area contributed by atoms with Crippen LogP contribution in [0, 0.1) is 6.92 Å². The molecule has 0 saturated heterocycles. The first-order chi connectivity index (χ1) is 9.85. The molecule has 6 nitrogen and oxygen atoms in total. The zero-order chi connectivity index (χ0) is 15.9. The van der Waals surface area contributed by atoms with Gasteiger partial charge in [-0.15, -0.1) is 0 Å². The Hall–Kier alpha value is -1.34. The molecule has 0 aliphatic carbocycles.